The van der Waals surface area contributed by atoms with Crippen molar-refractivity contribution in [3.05, 3.63) is 58.7 Å². The summed E-state index contributed by atoms with van der Waals surface area (Å²) in [6, 6.07) is 12.9. The lowest BCUT2D eigenvalue weighted by Crippen LogP contribution is -2.24. The molecule has 0 atom stereocenters. The summed E-state index contributed by atoms with van der Waals surface area (Å²) >= 11 is 3.43. The quantitative estimate of drug-likeness (QED) is 0.499. The first-order valence-electron chi connectivity index (χ1n) is 8.08. The number of fused-ring (bicyclic) bond motifs is 2. The molecule has 1 amide bonds. The molecule has 27 heavy (non-hydrogen) atoms. The van der Waals surface area contributed by atoms with Crippen LogP contribution in [-0.4, -0.2) is 30.5 Å². The molecular formula is C19H14BrN3O4. The third kappa shape index (κ3) is 3.85. The number of hydrogen-bond acceptors (Lipinski definition) is 6. The van der Waals surface area contributed by atoms with Crippen molar-refractivity contribution in [1.82, 2.24) is 10.4 Å². The molecule has 7 nitrogen and oxygen atoms in total. The van der Waals surface area contributed by atoms with E-state index in [1.807, 2.05) is 24.3 Å². The van der Waals surface area contributed by atoms with E-state index >= 15 is 0 Å². The summed E-state index contributed by atoms with van der Waals surface area (Å²) in [4.78, 5) is 16.3. The van der Waals surface area contributed by atoms with E-state index < -0.39 is 0 Å². The number of hydrogen-bond donors (Lipinski definition) is 1. The van der Waals surface area contributed by atoms with Crippen molar-refractivity contribution < 1.29 is 19.0 Å². The van der Waals surface area contributed by atoms with Crippen molar-refractivity contribution in [3.8, 4) is 17.2 Å². The second-order valence-electron chi connectivity index (χ2n) is 5.64. The van der Waals surface area contributed by atoms with E-state index in [0.29, 0.717) is 22.8 Å². The molecule has 0 unspecified atom stereocenters. The van der Waals surface area contributed by atoms with Gasteiger partial charge >= 0.3 is 0 Å². The molecule has 0 saturated carbocycles. The fourth-order valence-electron chi connectivity index (χ4n) is 2.57. The van der Waals surface area contributed by atoms with Gasteiger partial charge in [-0.3, -0.25) is 9.78 Å². The van der Waals surface area contributed by atoms with Crippen LogP contribution in [0.1, 0.15) is 5.56 Å². The molecule has 8 heteroatoms. The lowest BCUT2D eigenvalue weighted by atomic mass is 10.2. The van der Waals surface area contributed by atoms with Gasteiger partial charge in [0.15, 0.2) is 18.1 Å². The smallest absolute Gasteiger partial charge is 0.277 e. The molecule has 0 bridgehead atoms. The number of aromatic nitrogens is 1. The van der Waals surface area contributed by atoms with Crippen LogP contribution in [-0.2, 0) is 4.79 Å². The summed E-state index contributed by atoms with van der Waals surface area (Å²) in [5.74, 6) is 1.47. The van der Waals surface area contributed by atoms with Gasteiger partial charge in [0, 0.05) is 21.6 Å². The van der Waals surface area contributed by atoms with E-state index in [1.165, 1.54) is 6.21 Å². The molecule has 3 aromatic rings. The standard InChI is InChI=1S/C19H14BrN3O4/c20-14-8-17-16(26-11-27-17)7-13(14)9-22-23-18(24)10-25-15-5-1-3-12-4-2-6-21-19(12)15/h1-9H,10-11H2,(H,23,24)/b22-9-. The molecule has 1 aliphatic rings. The highest BCUT2D eigenvalue weighted by Gasteiger charge is 2.15. The van der Waals surface area contributed by atoms with E-state index in [-0.39, 0.29) is 19.3 Å². The summed E-state index contributed by atoms with van der Waals surface area (Å²) in [5.41, 5.74) is 3.89. The van der Waals surface area contributed by atoms with Crippen molar-refractivity contribution in [2.45, 2.75) is 0 Å². The number of carbonyl (C=O) groups excluding carboxylic acids is 1. The predicted octanol–water partition coefficient (Wildman–Crippen LogP) is 3.26. The van der Waals surface area contributed by atoms with Crippen LogP contribution in [0.25, 0.3) is 10.9 Å². The number of nitrogens with zero attached hydrogens (tertiary/aromatic N) is 2. The van der Waals surface area contributed by atoms with Crippen molar-refractivity contribution in [1.29, 1.82) is 0 Å². The highest BCUT2D eigenvalue weighted by molar-refractivity contribution is 9.10. The minimum atomic E-state index is -0.379. The van der Waals surface area contributed by atoms with Crippen LogP contribution in [0.5, 0.6) is 17.2 Å². The van der Waals surface area contributed by atoms with Crippen LogP contribution in [0.4, 0.5) is 0 Å². The fraction of sp³-hybridized carbons (Fsp3) is 0.105. The number of nitrogens with one attached hydrogen (secondary N) is 1. The summed E-state index contributed by atoms with van der Waals surface area (Å²) in [6.45, 7) is 0.0226. The van der Waals surface area contributed by atoms with Crippen molar-refractivity contribution in [2.24, 2.45) is 5.10 Å². The van der Waals surface area contributed by atoms with E-state index in [9.17, 15) is 4.79 Å². The SMILES string of the molecule is O=C(COc1cccc2cccnc12)N/N=C\c1cc2c(cc1Br)OCO2. The zero-order chi connectivity index (χ0) is 18.6. The van der Waals surface area contributed by atoms with Gasteiger partial charge in [-0.15, -0.1) is 0 Å². The average Bonchev–Trinajstić information content (AvgIpc) is 3.13. The number of hydrazone groups is 1. The van der Waals surface area contributed by atoms with Gasteiger partial charge in [0.25, 0.3) is 5.91 Å². The molecule has 0 fully saturated rings. The number of halogens is 1. The van der Waals surface area contributed by atoms with Gasteiger partial charge in [0.05, 0.1) is 6.21 Å². The number of pyridine rings is 1. The van der Waals surface area contributed by atoms with E-state index in [0.717, 1.165) is 15.4 Å². The van der Waals surface area contributed by atoms with Crippen molar-refractivity contribution in [3.63, 3.8) is 0 Å². The van der Waals surface area contributed by atoms with Gasteiger partial charge in [0.2, 0.25) is 6.79 Å². The molecule has 4 rings (SSSR count). The number of amides is 1. The fourth-order valence-corrected chi connectivity index (χ4v) is 3.00. The maximum Gasteiger partial charge on any atom is 0.277 e. The Kier molecular flexibility index (Phi) is 4.88. The minimum absolute atomic E-state index is 0.171. The zero-order valence-corrected chi connectivity index (χ0v) is 15.6. The molecule has 2 heterocycles. The van der Waals surface area contributed by atoms with Crippen LogP contribution in [0.2, 0.25) is 0 Å². The first-order chi connectivity index (χ1) is 13.2. The van der Waals surface area contributed by atoms with Gasteiger partial charge in [-0.1, -0.05) is 18.2 Å². The average molecular weight is 428 g/mol. The van der Waals surface area contributed by atoms with Gasteiger partial charge in [-0.2, -0.15) is 5.10 Å². The molecule has 1 N–H and O–H groups in total. The van der Waals surface area contributed by atoms with Gasteiger partial charge in [0.1, 0.15) is 11.3 Å². The number of carbonyl (C=O) groups is 1. The number of ether oxygens (including phenoxy) is 3. The Balaban J connectivity index is 1.37. The first kappa shape index (κ1) is 17.3. The predicted molar refractivity (Wildman–Crippen MR) is 103 cm³/mol. The Morgan fingerprint density at radius 2 is 2.07 bits per heavy atom. The topological polar surface area (TPSA) is 82.0 Å². The van der Waals surface area contributed by atoms with Crippen LogP contribution >= 0.6 is 15.9 Å². The number of para-hydroxylation sites is 1. The molecule has 0 radical (unpaired) electrons. The Bertz CT molecular complexity index is 1030. The highest BCUT2D eigenvalue weighted by Crippen LogP contribution is 2.36. The Morgan fingerprint density at radius 1 is 1.26 bits per heavy atom. The first-order valence-corrected chi connectivity index (χ1v) is 8.87. The third-order valence-electron chi connectivity index (χ3n) is 3.84. The maximum atomic E-state index is 12.0. The van der Waals surface area contributed by atoms with Crippen LogP contribution < -0.4 is 19.6 Å². The Morgan fingerprint density at radius 3 is 2.96 bits per heavy atom. The Hall–Kier alpha value is -3.13. The molecule has 1 aromatic heterocycles. The summed E-state index contributed by atoms with van der Waals surface area (Å²) in [6.07, 6.45) is 3.20. The van der Waals surface area contributed by atoms with Gasteiger partial charge < -0.3 is 14.2 Å². The van der Waals surface area contributed by atoms with Crippen LogP contribution in [0, 0.1) is 0 Å². The maximum absolute atomic E-state index is 12.0. The molecule has 0 spiro atoms. The summed E-state index contributed by atoms with van der Waals surface area (Å²) in [5, 5.41) is 4.90. The third-order valence-corrected chi connectivity index (χ3v) is 4.53. The van der Waals surface area contributed by atoms with E-state index in [4.69, 9.17) is 14.2 Å². The molecule has 2 aromatic carbocycles. The summed E-state index contributed by atoms with van der Waals surface area (Å²) < 4.78 is 17.0. The van der Waals surface area contributed by atoms with Gasteiger partial charge in [-0.05, 0) is 40.2 Å². The summed E-state index contributed by atoms with van der Waals surface area (Å²) in [7, 11) is 0. The molecular weight excluding hydrogens is 414 g/mol. The van der Waals surface area contributed by atoms with Crippen molar-refractivity contribution in [2.75, 3.05) is 13.4 Å². The Labute approximate surface area is 163 Å². The zero-order valence-electron chi connectivity index (χ0n) is 14.0. The highest BCUT2D eigenvalue weighted by atomic mass is 79.9. The molecule has 1 aliphatic heterocycles. The molecule has 0 aliphatic carbocycles. The minimum Gasteiger partial charge on any atom is -0.481 e. The molecule has 136 valence electrons. The largest absolute Gasteiger partial charge is 0.481 e. The lowest BCUT2D eigenvalue weighted by Gasteiger charge is -2.07. The van der Waals surface area contributed by atoms with E-state index in [2.05, 4.69) is 31.4 Å². The number of rotatable bonds is 5. The van der Waals surface area contributed by atoms with Crippen molar-refractivity contribution >= 4 is 39.0 Å². The number of benzene rings is 2. The van der Waals surface area contributed by atoms with Crippen LogP contribution in [0.3, 0.4) is 0 Å². The molecule has 0 saturated heterocycles. The lowest BCUT2D eigenvalue weighted by molar-refractivity contribution is -0.123. The van der Waals surface area contributed by atoms with E-state index in [1.54, 1.807) is 24.4 Å². The van der Waals surface area contributed by atoms with Crippen LogP contribution in [0.15, 0.2) is 58.2 Å². The second kappa shape index (κ2) is 7.63. The second-order valence-corrected chi connectivity index (χ2v) is 6.49. The van der Waals surface area contributed by atoms with Gasteiger partial charge in [-0.25, -0.2) is 5.43 Å². The monoisotopic (exact) mass is 427 g/mol. The normalized spacial score (nSPS) is 12.5.